The molecule has 1 saturated heterocycles. The second-order valence-corrected chi connectivity index (χ2v) is 6.28. The Morgan fingerprint density at radius 2 is 2.32 bits per heavy atom. The number of carbonyl (C=O) groups is 2. The Labute approximate surface area is 136 Å². The number of nitrogens with one attached hydrogen (secondary N) is 1. The van der Waals surface area contributed by atoms with E-state index < -0.39 is 11.7 Å². The van der Waals surface area contributed by atoms with Crippen molar-refractivity contribution in [1.29, 1.82) is 0 Å². The molecular weight excluding hydrogens is 355 g/mol. The number of hydrogen-bond acceptors (Lipinski definition) is 3. The molecule has 1 N–H and O–H groups in total. The van der Waals surface area contributed by atoms with Crippen LogP contribution < -0.4 is 5.32 Å². The number of carbonyl (C=O) groups excluding carboxylic acids is 2. The Morgan fingerprint density at radius 1 is 1.59 bits per heavy atom. The van der Waals surface area contributed by atoms with Crippen LogP contribution in [0.5, 0.6) is 0 Å². The molecule has 0 bridgehead atoms. The molecule has 2 amide bonds. The van der Waals surface area contributed by atoms with Crippen molar-refractivity contribution in [2.75, 3.05) is 25.6 Å². The molecule has 22 heavy (non-hydrogen) atoms. The van der Waals surface area contributed by atoms with Gasteiger partial charge in [-0.25, -0.2) is 4.39 Å². The number of rotatable bonds is 5. The van der Waals surface area contributed by atoms with Gasteiger partial charge in [-0.1, -0.05) is 15.9 Å². The molecule has 2 atom stereocenters. The van der Waals surface area contributed by atoms with Crippen LogP contribution in [0, 0.1) is 11.7 Å². The summed E-state index contributed by atoms with van der Waals surface area (Å²) in [5.74, 6) is -1.42. The maximum Gasteiger partial charge on any atom is 0.229 e. The van der Waals surface area contributed by atoms with Gasteiger partial charge in [-0.15, -0.1) is 0 Å². The molecule has 0 unspecified atom stereocenters. The lowest BCUT2D eigenvalue weighted by atomic mass is 10.1. The van der Waals surface area contributed by atoms with E-state index in [1.807, 2.05) is 6.92 Å². The highest BCUT2D eigenvalue weighted by molar-refractivity contribution is 9.10. The number of benzene rings is 1. The molecular formula is C15H18BrFN2O3. The highest BCUT2D eigenvalue weighted by Gasteiger charge is 2.36. The zero-order valence-corrected chi connectivity index (χ0v) is 14.0. The van der Waals surface area contributed by atoms with E-state index in [2.05, 4.69) is 21.2 Å². The number of methoxy groups -OCH3 is 1. The van der Waals surface area contributed by atoms with Gasteiger partial charge in [0.05, 0.1) is 24.3 Å². The van der Waals surface area contributed by atoms with Gasteiger partial charge >= 0.3 is 0 Å². The summed E-state index contributed by atoms with van der Waals surface area (Å²) in [6, 6.07) is 4.33. The zero-order valence-electron chi connectivity index (χ0n) is 12.4. The molecule has 1 heterocycles. The fourth-order valence-electron chi connectivity index (χ4n) is 2.49. The summed E-state index contributed by atoms with van der Waals surface area (Å²) in [4.78, 5) is 25.8. The van der Waals surface area contributed by atoms with Gasteiger partial charge in [-0.3, -0.25) is 9.59 Å². The van der Waals surface area contributed by atoms with Crippen LogP contribution in [0.1, 0.15) is 13.3 Å². The molecule has 0 aliphatic carbocycles. The maximum absolute atomic E-state index is 13.7. The van der Waals surface area contributed by atoms with Crippen LogP contribution in [-0.2, 0) is 14.3 Å². The largest absolute Gasteiger partial charge is 0.383 e. The lowest BCUT2D eigenvalue weighted by Crippen LogP contribution is -2.38. The van der Waals surface area contributed by atoms with Crippen molar-refractivity contribution in [3.63, 3.8) is 0 Å². The van der Waals surface area contributed by atoms with Crippen LogP contribution in [-0.4, -0.2) is 43.0 Å². The SMILES string of the molecule is COC[C@@H](C)N1C[C@H](C(=O)Nc2ccc(Br)cc2F)CC1=O. The van der Waals surface area contributed by atoms with Gasteiger partial charge in [0, 0.05) is 24.5 Å². The van der Waals surface area contributed by atoms with E-state index in [1.165, 1.54) is 12.1 Å². The van der Waals surface area contributed by atoms with Crippen LogP contribution in [0.15, 0.2) is 22.7 Å². The number of amides is 2. The molecule has 1 aromatic rings. The van der Waals surface area contributed by atoms with Gasteiger partial charge in [-0.2, -0.15) is 0 Å². The van der Waals surface area contributed by atoms with Gasteiger partial charge in [0.15, 0.2) is 0 Å². The predicted molar refractivity (Wildman–Crippen MR) is 83.9 cm³/mol. The second-order valence-electron chi connectivity index (χ2n) is 5.36. The fourth-order valence-corrected chi connectivity index (χ4v) is 2.82. The van der Waals surface area contributed by atoms with Crippen molar-refractivity contribution in [3.8, 4) is 0 Å². The number of halogens is 2. The van der Waals surface area contributed by atoms with Crippen molar-refractivity contribution in [1.82, 2.24) is 4.90 Å². The molecule has 0 radical (unpaired) electrons. The Bertz CT molecular complexity index is 582. The van der Waals surface area contributed by atoms with Crippen LogP contribution >= 0.6 is 15.9 Å². The lowest BCUT2D eigenvalue weighted by Gasteiger charge is -2.23. The quantitative estimate of drug-likeness (QED) is 0.863. The fraction of sp³-hybridized carbons (Fsp3) is 0.467. The topological polar surface area (TPSA) is 58.6 Å². The summed E-state index contributed by atoms with van der Waals surface area (Å²) in [6.07, 6.45) is 0.137. The van der Waals surface area contributed by atoms with E-state index >= 15 is 0 Å². The molecule has 120 valence electrons. The summed E-state index contributed by atoms with van der Waals surface area (Å²) in [7, 11) is 1.57. The second kappa shape index (κ2) is 7.19. The first-order valence-corrected chi connectivity index (χ1v) is 7.76. The lowest BCUT2D eigenvalue weighted by molar-refractivity contribution is -0.130. The van der Waals surface area contributed by atoms with Crippen molar-refractivity contribution in [2.24, 2.45) is 5.92 Å². The van der Waals surface area contributed by atoms with Gasteiger partial charge in [-0.05, 0) is 25.1 Å². The van der Waals surface area contributed by atoms with Crippen molar-refractivity contribution >= 4 is 33.4 Å². The summed E-state index contributed by atoms with van der Waals surface area (Å²) < 4.78 is 19.4. The molecule has 1 aliphatic rings. The van der Waals surface area contributed by atoms with Gasteiger partial charge < -0.3 is 15.0 Å². The Morgan fingerprint density at radius 3 is 2.95 bits per heavy atom. The average molecular weight is 373 g/mol. The Kier molecular flexibility index (Phi) is 5.52. The molecule has 0 saturated carbocycles. The van der Waals surface area contributed by atoms with E-state index in [9.17, 15) is 14.0 Å². The minimum atomic E-state index is -0.517. The molecule has 1 aromatic carbocycles. The third kappa shape index (κ3) is 3.84. The molecule has 5 nitrogen and oxygen atoms in total. The third-order valence-corrected chi connectivity index (χ3v) is 4.15. The Balaban J connectivity index is 2.00. The highest BCUT2D eigenvalue weighted by atomic mass is 79.9. The van der Waals surface area contributed by atoms with E-state index in [4.69, 9.17) is 4.74 Å². The van der Waals surface area contributed by atoms with Crippen molar-refractivity contribution in [3.05, 3.63) is 28.5 Å². The minimum absolute atomic E-state index is 0.0824. The zero-order chi connectivity index (χ0) is 16.3. The Hall–Kier alpha value is -1.47. The van der Waals surface area contributed by atoms with Crippen LogP contribution in [0.2, 0.25) is 0 Å². The number of hydrogen-bond donors (Lipinski definition) is 1. The first-order valence-electron chi connectivity index (χ1n) is 6.96. The van der Waals surface area contributed by atoms with Gasteiger partial charge in [0.25, 0.3) is 0 Å². The van der Waals surface area contributed by atoms with Crippen LogP contribution in [0.3, 0.4) is 0 Å². The van der Waals surface area contributed by atoms with Gasteiger partial charge in [0.2, 0.25) is 11.8 Å². The smallest absolute Gasteiger partial charge is 0.229 e. The molecule has 2 rings (SSSR count). The molecule has 7 heteroatoms. The summed E-state index contributed by atoms with van der Waals surface area (Å²) in [5, 5.41) is 2.55. The van der Waals surface area contributed by atoms with E-state index in [-0.39, 0.29) is 30.0 Å². The number of anilines is 1. The average Bonchev–Trinajstić information content (AvgIpc) is 2.84. The maximum atomic E-state index is 13.7. The predicted octanol–water partition coefficient (Wildman–Crippen LogP) is 2.41. The minimum Gasteiger partial charge on any atom is -0.383 e. The van der Waals surface area contributed by atoms with Crippen LogP contribution in [0.4, 0.5) is 10.1 Å². The van der Waals surface area contributed by atoms with Crippen molar-refractivity contribution < 1.29 is 18.7 Å². The van der Waals surface area contributed by atoms with E-state index in [1.54, 1.807) is 18.1 Å². The first kappa shape index (κ1) is 16.9. The molecule has 1 fully saturated rings. The normalized spacial score (nSPS) is 19.4. The summed E-state index contributed by atoms with van der Waals surface area (Å²) in [5.41, 5.74) is 0.115. The van der Waals surface area contributed by atoms with E-state index in [0.29, 0.717) is 17.6 Å². The highest BCUT2D eigenvalue weighted by Crippen LogP contribution is 2.24. The van der Waals surface area contributed by atoms with Crippen molar-refractivity contribution in [2.45, 2.75) is 19.4 Å². The first-order chi connectivity index (χ1) is 10.4. The monoisotopic (exact) mass is 372 g/mol. The van der Waals surface area contributed by atoms with Gasteiger partial charge in [0.1, 0.15) is 5.82 Å². The summed E-state index contributed by atoms with van der Waals surface area (Å²) >= 11 is 3.16. The standard InChI is InChI=1S/C15H18BrFN2O3/c1-9(8-22-2)19-7-10(5-14(19)20)15(21)18-13-4-3-11(16)6-12(13)17/h3-4,6,9-10H,5,7-8H2,1-2H3,(H,18,21)/t9-,10-/m1/s1. The number of likely N-dealkylation sites (tertiary alicyclic amines) is 1. The molecule has 0 aromatic heterocycles. The summed E-state index contributed by atoms with van der Waals surface area (Å²) in [6.45, 7) is 2.62. The number of nitrogens with zero attached hydrogens (tertiary/aromatic N) is 1. The van der Waals surface area contributed by atoms with E-state index in [0.717, 1.165) is 0 Å². The molecule has 0 spiro atoms. The number of ether oxygens (including phenoxy) is 1. The van der Waals surface area contributed by atoms with Crippen LogP contribution in [0.25, 0.3) is 0 Å². The molecule has 1 aliphatic heterocycles. The third-order valence-electron chi connectivity index (χ3n) is 3.66.